The van der Waals surface area contributed by atoms with Gasteiger partial charge in [0, 0.05) is 24.0 Å². The maximum Gasteiger partial charge on any atom is 0.264 e. The summed E-state index contributed by atoms with van der Waals surface area (Å²) < 4.78 is 29.5. The molecule has 0 fully saturated rings. The molecule has 2 atom stereocenters. The van der Waals surface area contributed by atoms with Gasteiger partial charge >= 0.3 is 0 Å². The van der Waals surface area contributed by atoms with Gasteiger partial charge in [0.25, 0.3) is 10.0 Å². The molecule has 4 aromatic carbocycles. The number of halogens is 3. The third kappa shape index (κ3) is 9.29. The molecular formula is C36H38Cl3N3O4S. The Bertz CT molecular complexity index is 1820. The van der Waals surface area contributed by atoms with Crippen LogP contribution in [0.4, 0.5) is 5.69 Å². The van der Waals surface area contributed by atoms with Gasteiger partial charge in [0.15, 0.2) is 0 Å². The van der Waals surface area contributed by atoms with E-state index >= 15 is 0 Å². The molecule has 0 spiro atoms. The van der Waals surface area contributed by atoms with Gasteiger partial charge in [0.2, 0.25) is 11.8 Å². The van der Waals surface area contributed by atoms with Gasteiger partial charge < -0.3 is 10.2 Å². The molecule has 0 aliphatic carbocycles. The van der Waals surface area contributed by atoms with Gasteiger partial charge in [-0.15, -0.1) is 0 Å². The minimum absolute atomic E-state index is 0.0249. The highest BCUT2D eigenvalue weighted by Gasteiger charge is 2.35. The maximum atomic E-state index is 14.6. The molecule has 47 heavy (non-hydrogen) atoms. The molecule has 0 saturated carbocycles. The molecule has 1 N–H and O–H groups in total. The van der Waals surface area contributed by atoms with E-state index in [1.54, 1.807) is 30.3 Å². The average Bonchev–Trinajstić information content (AvgIpc) is 3.05. The molecule has 0 unspecified atom stereocenters. The standard InChI is InChI=1S/C36H38Cl3N3O4S/c1-5-26(4)40-36(44)34(21-27-9-7-6-8-10-27)41(22-28-12-18-32(38)33(39)20-28)35(43)23-42(30-15-11-24(2)25(3)19-30)47(45,46)31-16-13-29(37)14-17-31/h6-20,26,34H,5,21-23H2,1-4H3,(H,40,44)/t26-,34-/m0/s1. The Kier molecular flexibility index (Phi) is 12.4. The zero-order valence-electron chi connectivity index (χ0n) is 26.7. The van der Waals surface area contributed by atoms with E-state index in [9.17, 15) is 18.0 Å². The summed E-state index contributed by atoms with van der Waals surface area (Å²) >= 11 is 18.6. The van der Waals surface area contributed by atoms with Gasteiger partial charge in [-0.25, -0.2) is 8.42 Å². The van der Waals surface area contributed by atoms with Crippen LogP contribution < -0.4 is 9.62 Å². The first-order valence-corrected chi connectivity index (χ1v) is 17.8. The number of hydrogen-bond donors (Lipinski definition) is 1. The molecule has 0 saturated heterocycles. The fraction of sp³-hybridized carbons (Fsp3) is 0.278. The van der Waals surface area contributed by atoms with E-state index in [2.05, 4.69) is 5.32 Å². The Morgan fingerprint density at radius 1 is 0.809 bits per heavy atom. The smallest absolute Gasteiger partial charge is 0.264 e. The Morgan fingerprint density at radius 2 is 1.49 bits per heavy atom. The minimum Gasteiger partial charge on any atom is -0.352 e. The normalized spacial score (nSPS) is 12.7. The van der Waals surface area contributed by atoms with Crippen molar-refractivity contribution >= 4 is 62.3 Å². The summed E-state index contributed by atoms with van der Waals surface area (Å²) in [5.74, 6) is -0.929. The summed E-state index contributed by atoms with van der Waals surface area (Å²) in [5.41, 5.74) is 3.60. The van der Waals surface area contributed by atoms with Crippen molar-refractivity contribution in [2.45, 2.75) is 64.1 Å². The van der Waals surface area contributed by atoms with Crippen molar-refractivity contribution in [3.05, 3.63) is 128 Å². The fourth-order valence-electron chi connectivity index (χ4n) is 4.97. The van der Waals surface area contributed by atoms with Gasteiger partial charge in [0.05, 0.1) is 20.6 Å². The number of hydrogen-bond acceptors (Lipinski definition) is 4. The summed E-state index contributed by atoms with van der Waals surface area (Å²) in [7, 11) is -4.25. The highest BCUT2D eigenvalue weighted by atomic mass is 35.5. The van der Waals surface area contributed by atoms with Gasteiger partial charge in [-0.05, 0) is 98.0 Å². The van der Waals surface area contributed by atoms with Crippen LogP contribution in [-0.2, 0) is 32.6 Å². The maximum absolute atomic E-state index is 14.6. The van der Waals surface area contributed by atoms with Gasteiger partial charge in [0.1, 0.15) is 12.6 Å². The predicted molar refractivity (Wildman–Crippen MR) is 191 cm³/mol. The molecule has 0 aliphatic rings. The lowest BCUT2D eigenvalue weighted by Gasteiger charge is -2.34. The van der Waals surface area contributed by atoms with E-state index in [1.807, 2.05) is 64.1 Å². The van der Waals surface area contributed by atoms with E-state index in [-0.39, 0.29) is 29.8 Å². The van der Waals surface area contributed by atoms with Crippen molar-refractivity contribution < 1.29 is 18.0 Å². The molecule has 0 aromatic heterocycles. The molecule has 0 bridgehead atoms. The number of sulfonamides is 1. The average molecular weight is 715 g/mol. The highest BCUT2D eigenvalue weighted by molar-refractivity contribution is 7.92. The van der Waals surface area contributed by atoms with Crippen LogP contribution in [0.3, 0.4) is 0 Å². The van der Waals surface area contributed by atoms with Crippen LogP contribution in [0.25, 0.3) is 0 Å². The zero-order chi connectivity index (χ0) is 34.3. The van der Waals surface area contributed by atoms with Crippen molar-refractivity contribution in [2.75, 3.05) is 10.8 Å². The monoisotopic (exact) mass is 713 g/mol. The van der Waals surface area contributed by atoms with Crippen LogP contribution in [-0.4, -0.2) is 43.8 Å². The molecule has 248 valence electrons. The number of nitrogens with zero attached hydrogens (tertiary/aromatic N) is 2. The number of carbonyl (C=O) groups is 2. The highest BCUT2D eigenvalue weighted by Crippen LogP contribution is 2.29. The van der Waals surface area contributed by atoms with Crippen molar-refractivity contribution in [2.24, 2.45) is 0 Å². The topological polar surface area (TPSA) is 86.8 Å². The lowest BCUT2D eigenvalue weighted by molar-refractivity contribution is -0.140. The second kappa shape index (κ2) is 16.0. The second-order valence-corrected chi connectivity index (χ2v) is 14.6. The summed E-state index contributed by atoms with van der Waals surface area (Å²) in [6.45, 7) is 7.05. The first-order chi connectivity index (χ1) is 22.3. The lowest BCUT2D eigenvalue weighted by atomic mass is 10.0. The largest absolute Gasteiger partial charge is 0.352 e. The molecule has 0 heterocycles. The molecular weight excluding hydrogens is 677 g/mol. The third-order valence-corrected chi connectivity index (χ3v) is 10.8. The van der Waals surface area contributed by atoms with Crippen molar-refractivity contribution in [3.8, 4) is 0 Å². The van der Waals surface area contributed by atoms with Crippen LogP contribution >= 0.6 is 34.8 Å². The molecule has 2 amide bonds. The van der Waals surface area contributed by atoms with E-state index in [1.165, 1.54) is 29.2 Å². The number of amides is 2. The molecule has 7 nitrogen and oxygen atoms in total. The third-order valence-electron chi connectivity index (χ3n) is 8.07. The van der Waals surface area contributed by atoms with Crippen LogP contribution in [0.5, 0.6) is 0 Å². The Morgan fingerprint density at radius 3 is 2.11 bits per heavy atom. The van der Waals surface area contributed by atoms with Crippen LogP contribution in [0.2, 0.25) is 15.1 Å². The number of anilines is 1. The minimum atomic E-state index is -4.25. The molecule has 0 radical (unpaired) electrons. The summed E-state index contributed by atoms with van der Waals surface area (Å²) in [4.78, 5) is 30.0. The SMILES string of the molecule is CC[C@H](C)NC(=O)[C@H](Cc1ccccc1)N(Cc1ccc(Cl)c(Cl)c1)C(=O)CN(c1ccc(C)c(C)c1)S(=O)(=O)c1ccc(Cl)cc1. The van der Waals surface area contributed by atoms with Gasteiger partial charge in [-0.3, -0.25) is 13.9 Å². The van der Waals surface area contributed by atoms with Gasteiger partial charge in [-0.1, -0.05) is 84.2 Å². The first-order valence-electron chi connectivity index (χ1n) is 15.2. The van der Waals surface area contributed by atoms with Crippen LogP contribution in [0.1, 0.15) is 42.5 Å². The number of carbonyl (C=O) groups excluding carboxylic acids is 2. The second-order valence-electron chi connectivity index (χ2n) is 11.5. The van der Waals surface area contributed by atoms with Crippen molar-refractivity contribution in [1.82, 2.24) is 10.2 Å². The van der Waals surface area contributed by atoms with E-state index in [4.69, 9.17) is 34.8 Å². The fourth-order valence-corrected chi connectivity index (χ4v) is 6.83. The summed E-state index contributed by atoms with van der Waals surface area (Å²) in [6.07, 6.45) is 0.883. The van der Waals surface area contributed by atoms with Crippen LogP contribution in [0, 0.1) is 13.8 Å². The zero-order valence-corrected chi connectivity index (χ0v) is 29.8. The first kappa shape index (κ1) is 36.3. The van der Waals surface area contributed by atoms with Crippen molar-refractivity contribution in [1.29, 1.82) is 0 Å². The van der Waals surface area contributed by atoms with Gasteiger partial charge in [-0.2, -0.15) is 0 Å². The Balaban J connectivity index is 1.84. The number of benzene rings is 4. The number of nitrogens with one attached hydrogen (secondary N) is 1. The quantitative estimate of drug-likeness (QED) is 0.152. The Labute approximate surface area is 292 Å². The van der Waals surface area contributed by atoms with E-state index < -0.39 is 28.5 Å². The number of rotatable bonds is 13. The van der Waals surface area contributed by atoms with E-state index in [0.29, 0.717) is 32.7 Å². The molecule has 0 aliphatic heterocycles. The number of aryl methyl sites for hydroxylation is 2. The predicted octanol–water partition coefficient (Wildman–Crippen LogP) is 8.01. The summed E-state index contributed by atoms with van der Waals surface area (Å²) in [6, 6.07) is 24.2. The summed E-state index contributed by atoms with van der Waals surface area (Å²) in [5, 5.41) is 4.04. The van der Waals surface area contributed by atoms with Crippen LogP contribution in [0.15, 0.2) is 95.9 Å². The molecule has 4 aromatic rings. The molecule has 11 heteroatoms. The lowest BCUT2D eigenvalue weighted by Crippen LogP contribution is -2.54. The Hall–Kier alpha value is -3.56. The van der Waals surface area contributed by atoms with E-state index in [0.717, 1.165) is 21.0 Å². The molecule has 4 rings (SSSR count). The van der Waals surface area contributed by atoms with Crippen molar-refractivity contribution in [3.63, 3.8) is 0 Å².